The van der Waals surface area contributed by atoms with Crippen molar-refractivity contribution >= 4 is 5.91 Å². The van der Waals surface area contributed by atoms with Gasteiger partial charge in [-0.3, -0.25) is 4.79 Å². The largest absolute Gasteiger partial charge is 0.340 e. The highest BCUT2D eigenvalue weighted by Gasteiger charge is 2.16. The molecule has 1 amide bonds. The van der Waals surface area contributed by atoms with Crippen molar-refractivity contribution in [3.05, 3.63) is 18.2 Å². The molecule has 0 unspecified atom stereocenters. The molecule has 2 heterocycles. The summed E-state index contributed by atoms with van der Waals surface area (Å²) in [7, 11) is 1.91. The Morgan fingerprint density at radius 2 is 2.27 bits per heavy atom. The van der Waals surface area contributed by atoms with Crippen molar-refractivity contribution < 1.29 is 4.79 Å². The zero-order valence-corrected chi connectivity index (χ0v) is 8.94. The van der Waals surface area contributed by atoms with Crippen LogP contribution in [0.4, 0.5) is 0 Å². The molecule has 0 radical (unpaired) electrons. The molecule has 0 atom stereocenters. The fourth-order valence-corrected chi connectivity index (χ4v) is 1.74. The van der Waals surface area contributed by atoms with Crippen molar-refractivity contribution in [2.24, 2.45) is 7.05 Å². The fraction of sp³-hybridized carbons (Fsp3) is 0.600. The molecule has 2 rings (SSSR count). The van der Waals surface area contributed by atoms with Crippen LogP contribution in [0, 0.1) is 0 Å². The van der Waals surface area contributed by atoms with Crippen LogP contribution in [0.5, 0.6) is 0 Å². The first-order valence-corrected chi connectivity index (χ1v) is 5.21. The van der Waals surface area contributed by atoms with E-state index in [2.05, 4.69) is 10.3 Å². The van der Waals surface area contributed by atoms with Gasteiger partial charge in [-0.15, -0.1) is 0 Å². The zero-order chi connectivity index (χ0) is 10.7. The summed E-state index contributed by atoms with van der Waals surface area (Å²) in [5.41, 5.74) is 0.848. The topological polar surface area (TPSA) is 50.2 Å². The first-order valence-electron chi connectivity index (χ1n) is 5.21. The van der Waals surface area contributed by atoms with Crippen LogP contribution in [-0.4, -0.2) is 46.5 Å². The summed E-state index contributed by atoms with van der Waals surface area (Å²) in [6.45, 7) is 3.42. The molecule has 5 nitrogen and oxygen atoms in total. The van der Waals surface area contributed by atoms with E-state index in [0.717, 1.165) is 31.9 Å². The molecule has 1 aliphatic rings. The molecule has 1 fully saturated rings. The number of aryl methyl sites for hydroxylation is 1. The molecule has 0 saturated carbocycles. The summed E-state index contributed by atoms with van der Waals surface area (Å²) < 4.78 is 1.86. The molecular weight excluding hydrogens is 192 g/mol. The lowest BCUT2D eigenvalue weighted by Crippen LogP contribution is -2.46. The smallest absolute Gasteiger partial charge is 0.228 e. The van der Waals surface area contributed by atoms with Crippen LogP contribution in [0.25, 0.3) is 0 Å². The Labute approximate surface area is 89.1 Å². The number of amides is 1. The van der Waals surface area contributed by atoms with Gasteiger partial charge in [-0.1, -0.05) is 0 Å². The number of hydrogen-bond acceptors (Lipinski definition) is 3. The molecule has 1 aromatic heterocycles. The monoisotopic (exact) mass is 208 g/mol. The molecule has 1 saturated heterocycles. The van der Waals surface area contributed by atoms with E-state index >= 15 is 0 Å². The van der Waals surface area contributed by atoms with Crippen molar-refractivity contribution in [3.8, 4) is 0 Å². The van der Waals surface area contributed by atoms with E-state index in [4.69, 9.17) is 0 Å². The molecule has 5 heteroatoms. The Morgan fingerprint density at radius 3 is 2.87 bits per heavy atom. The van der Waals surface area contributed by atoms with Crippen LogP contribution in [0.3, 0.4) is 0 Å². The average Bonchev–Trinajstić information content (AvgIpc) is 2.65. The number of nitrogens with zero attached hydrogens (tertiary/aromatic N) is 3. The van der Waals surface area contributed by atoms with Crippen molar-refractivity contribution in [1.29, 1.82) is 0 Å². The third-order valence-electron chi connectivity index (χ3n) is 2.56. The highest BCUT2D eigenvalue weighted by molar-refractivity contribution is 5.78. The maximum absolute atomic E-state index is 11.8. The van der Waals surface area contributed by atoms with Crippen LogP contribution in [0.15, 0.2) is 12.5 Å². The Morgan fingerprint density at radius 1 is 1.53 bits per heavy atom. The predicted molar refractivity (Wildman–Crippen MR) is 56.4 cm³/mol. The molecular formula is C10H16N4O. The average molecular weight is 208 g/mol. The van der Waals surface area contributed by atoms with Crippen LogP contribution < -0.4 is 5.32 Å². The highest BCUT2D eigenvalue weighted by atomic mass is 16.2. The summed E-state index contributed by atoms with van der Waals surface area (Å²) in [6, 6.07) is 0. The zero-order valence-electron chi connectivity index (χ0n) is 8.94. The first-order chi connectivity index (χ1) is 7.25. The lowest BCUT2D eigenvalue weighted by atomic mass is 10.2. The van der Waals surface area contributed by atoms with Crippen molar-refractivity contribution in [2.45, 2.75) is 6.42 Å². The standard InChI is InChI=1S/C10H16N4O/c1-13-7-9(12-8-13)6-10(15)14-4-2-11-3-5-14/h7-8,11H,2-6H2,1H3. The third kappa shape index (κ3) is 2.56. The number of piperazine rings is 1. The Balaban J connectivity index is 1.91. The van der Waals surface area contributed by atoms with Gasteiger partial charge in [-0.25, -0.2) is 4.98 Å². The number of carbonyl (C=O) groups excluding carboxylic acids is 1. The second-order valence-electron chi connectivity index (χ2n) is 3.84. The first kappa shape index (κ1) is 10.2. The molecule has 1 aliphatic heterocycles. The van der Waals surface area contributed by atoms with Gasteiger partial charge in [-0.2, -0.15) is 0 Å². The van der Waals surface area contributed by atoms with Gasteiger partial charge in [0.25, 0.3) is 0 Å². The van der Waals surface area contributed by atoms with Crippen LogP contribution >= 0.6 is 0 Å². The van der Waals surface area contributed by atoms with Gasteiger partial charge < -0.3 is 14.8 Å². The van der Waals surface area contributed by atoms with E-state index in [0.29, 0.717) is 6.42 Å². The molecule has 15 heavy (non-hydrogen) atoms. The lowest BCUT2D eigenvalue weighted by molar-refractivity contribution is -0.131. The molecule has 0 spiro atoms. The summed E-state index contributed by atoms with van der Waals surface area (Å²) >= 11 is 0. The van der Waals surface area contributed by atoms with E-state index in [1.807, 2.05) is 22.7 Å². The maximum Gasteiger partial charge on any atom is 0.228 e. The molecule has 0 aliphatic carbocycles. The molecule has 1 N–H and O–H groups in total. The quantitative estimate of drug-likeness (QED) is 0.705. The molecule has 1 aromatic rings. The van der Waals surface area contributed by atoms with Gasteiger partial charge in [0.2, 0.25) is 5.91 Å². The summed E-state index contributed by atoms with van der Waals surface area (Å²) in [5, 5.41) is 3.22. The Kier molecular flexibility index (Phi) is 3.01. The van der Waals surface area contributed by atoms with E-state index in [9.17, 15) is 4.79 Å². The third-order valence-corrected chi connectivity index (χ3v) is 2.56. The number of imidazole rings is 1. The number of rotatable bonds is 2. The van der Waals surface area contributed by atoms with Gasteiger partial charge in [0.1, 0.15) is 0 Å². The van der Waals surface area contributed by atoms with E-state index < -0.39 is 0 Å². The van der Waals surface area contributed by atoms with Crippen LogP contribution in [0.1, 0.15) is 5.69 Å². The van der Waals surface area contributed by atoms with Crippen molar-refractivity contribution in [1.82, 2.24) is 19.8 Å². The number of hydrogen-bond donors (Lipinski definition) is 1. The Bertz CT molecular complexity index is 341. The summed E-state index contributed by atoms with van der Waals surface area (Å²) in [4.78, 5) is 17.9. The molecule has 0 bridgehead atoms. The second-order valence-corrected chi connectivity index (χ2v) is 3.84. The van der Waals surface area contributed by atoms with Crippen LogP contribution in [0.2, 0.25) is 0 Å². The van der Waals surface area contributed by atoms with E-state index in [1.54, 1.807) is 6.33 Å². The van der Waals surface area contributed by atoms with Gasteiger partial charge >= 0.3 is 0 Å². The number of carbonyl (C=O) groups is 1. The van der Waals surface area contributed by atoms with Gasteiger partial charge in [0.15, 0.2) is 0 Å². The van der Waals surface area contributed by atoms with E-state index in [-0.39, 0.29) is 5.91 Å². The van der Waals surface area contributed by atoms with Gasteiger partial charge in [0, 0.05) is 39.4 Å². The highest BCUT2D eigenvalue weighted by Crippen LogP contribution is 2.01. The lowest BCUT2D eigenvalue weighted by Gasteiger charge is -2.27. The Hall–Kier alpha value is -1.36. The molecule has 0 aromatic carbocycles. The van der Waals surface area contributed by atoms with Gasteiger partial charge in [0.05, 0.1) is 18.4 Å². The second kappa shape index (κ2) is 4.44. The van der Waals surface area contributed by atoms with Gasteiger partial charge in [-0.05, 0) is 0 Å². The summed E-state index contributed by atoms with van der Waals surface area (Å²) in [6.07, 6.45) is 4.03. The number of nitrogens with one attached hydrogen (secondary N) is 1. The van der Waals surface area contributed by atoms with Crippen molar-refractivity contribution in [2.75, 3.05) is 26.2 Å². The van der Waals surface area contributed by atoms with E-state index in [1.165, 1.54) is 0 Å². The van der Waals surface area contributed by atoms with Crippen LogP contribution in [-0.2, 0) is 18.3 Å². The van der Waals surface area contributed by atoms with Crippen molar-refractivity contribution in [3.63, 3.8) is 0 Å². The minimum atomic E-state index is 0.176. The maximum atomic E-state index is 11.8. The summed E-state index contributed by atoms with van der Waals surface area (Å²) in [5.74, 6) is 0.176. The SMILES string of the molecule is Cn1cnc(CC(=O)N2CCNCC2)c1. The molecule has 82 valence electrons. The minimum absolute atomic E-state index is 0.176. The number of aromatic nitrogens is 2. The fourth-order valence-electron chi connectivity index (χ4n) is 1.74. The normalized spacial score (nSPS) is 16.7. The predicted octanol–water partition coefficient (Wildman–Crippen LogP) is -0.606. The minimum Gasteiger partial charge on any atom is -0.340 e.